The predicted molar refractivity (Wildman–Crippen MR) is 126 cm³/mol. The number of aliphatic carboxylic acids is 1. The molecule has 3 heterocycles. The van der Waals surface area contributed by atoms with E-state index < -0.39 is 45.8 Å². The third-order valence-electron chi connectivity index (χ3n) is 5.27. The van der Waals surface area contributed by atoms with Crippen molar-refractivity contribution in [1.29, 1.82) is 0 Å². The number of nitrogens with zero attached hydrogens (tertiary/aromatic N) is 6. The lowest BCUT2D eigenvalue weighted by Gasteiger charge is -2.49. The average Bonchev–Trinajstić information content (AvgIpc) is 3.25. The highest BCUT2D eigenvalue weighted by molar-refractivity contribution is 7.99. The van der Waals surface area contributed by atoms with E-state index in [1.54, 1.807) is 7.05 Å². The number of nitrogens with one attached hydrogen (secondary N) is 2. The number of benzene rings is 1. The maximum Gasteiger partial charge on any atom is 0.352 e. The smallest absolute Gasteiger partial charge is 0.352 e. The first-order chi connectivity index (χ1) is 17.5. The van der Waals surface area contributed by atoms with Gasteiger partial charge in [-0.05, 0) is 28.1 Å². The zero-order chi connectivity index (χ0) is 26.9. The maximum absolute atomic E-state index is 12.8. The molecule has 0 spiro atoms. The van der Waals surface area contributed by atoms with Gasteiger partial charge in [0.15, 0.2) is 18.0 Å². The molecule has 2 amide bonds. The van der Waals surface area contributed by atoms with Crippen LogP contribution in [0.2, 0.25) is 0 Å². The number of carboxylic acids is 1. The second-order valence-electron chi connectivity index (χ2n) is 7.89. The molecule has 0 bridgehead atoms. The van der Waals surface area contributed by atoms with E-state index in [1.807, 2.05) is 0 Å². The lowest BCUT2D eigenvalue weighted by molar-refractivity contribution is -0.184. The van der Waals surface area contributed by atoms with Gasteiger partial charge in [0.05, 0.1) is 12.9 Å². The fourth-order valence-electron chi connectivity index (χ4n) is 3.64. The van der Waals surface area contributed by atoms with Crippen LogP contribution in [0.1, 0.15) is 5.56 Å². The van der Waals surface area contributed by atoms with Crippen LogP contribution in [0.4, 0.5) is 5.69 Å². The standard InChI is InChI=1S/C19H20N8O8S2/c1-26-19(21-24-25-26)36-8-10-7-35-17-13(16(29)27(17)14(10)18(30)31)20-15(28)12(22-32)9-3-5-11(6-4-9)23-37(2,33)34/h3-6,13,17,23,32H,7-8H2,1-2H3,(H,20,28)(H,30,31)/b22-12-. The van der Waals surface area contributed by atoms with E-state index in [4.69, 9.17) is 4.74 Å². The monoisotopic (exact) mass is 552 g/mol. The number of hydrogen-bond acceptors (Lipinski definition) is 12. The molecule has 4 N–H and O–H groups in total. The minimum Gasteiger partial charge on any atom is -0.477 e. The number of carboxylic acid groups (broad SMARTS) is 1. The molecule has 1 aromatic heterocycles. The molecule has 2 aromatic rings. The van der Waals surface area contributed by atoms with Crippen LogP contribution in [0.25, 0.3) is 0 Å². The molecule has 2 aliphatic rings. The van der Waals surface area contributed by atoms with Crippen molar-refractivity contribution in [3.05, 3.63) is 41.1 Å². The van der Waals surface area contributed by atoms with Crippen molar-refractivity contribution >= 4 is 51.0 Å². The van der Waals surface area contributed by atoms with Crippen LogP contribution in [0.5, 0.6) is 0 Å². The zero-order valence-corrected chi connectivity index (χ0v) is 20.9. The van der Waals surface area contributed by atoms with Gasteiger partial charge in [-0.25, -0.2) is 17.9 Å². The Hall–Kier alpha value is -4.03. The molecule has 37 heavy (non-hydrogen) atoms. The molecule has 1 saturated heterocycles. The van der Waals surface area contributed by atoms with Gasteiger partial charge in [-0.1, -0.05) is 29.1 Å². The van der Waals surface area contributed by atoms with Gasteiger partial charge in [0, 0.05) is 24.1 Å². The topological polar surface area (TPSA) is 218 Å². The van der Waals surface area contributed by atoms with Crippen LogP contribution in [0.3, 0.4) is 0 Å². The number of rotatable bonds is 9. The number of aromatic nitrogens is 4. The number of tetrazole rings is 1. The van der Waals surface area contributed by atoms with E-state index in [0.29, 0.717) is 10.7 Å². The summed E-state index contributed by atoms with van der Waals surface area (Å²) in [6.45, 7) is -0.115. The molecule has 196 valence electrons. The third kappa shape index (κ3) is 5.39. The minimum atomic E-state index is -3.51. The molecule has 0 radical (unpaired) electrons. The summed E-state index contributed by atoms with van der Waals surface area (Å²) in [5.41, 5.74) is -0.0105. The molecular weight excluding hydrogens is 532 g/mol. The number of thioether (sulfide) groups is 1. The Bertz CT molecular complexity index is 1420. The fourth-order valence-corrected chi connectivity index (χ4v) is 5.05. The molecule has 0 saturated carbocycles. The average molecular weight is 553 g/mol. The SMILES string of the molecule is Cn1nnnc1SCC1=C(C(=O)O)N2C(=O)C(NC(=O)/C(=N\O)c3ccc(NS(C)(=O)=O)cc3)C2OC1. The van der Waals surface area contributed by atoms with Crippen LogP contribution in [0, 0.1) is 0 Å². The zero-order valence-electron chi connectivity index (χ0n) is 19.2. The van der Waals surface area contributed by atoms with Gasteiger partial charge in [-0.3, -0.25) is 19.2 Å². The van der Waals surface area contributed by atoms with E-state index >= 15 is 0 Å². The first-order valence-corrected chi connectivity index (χ1v) is 13.2. The summed E-state index contributed by atoms with van der Waals surface area (Å²) in [5.74, 6) is -2.83. The van der Waals surface area contributed by atoms with Gasteiger partial charge in [0.2, 0.25) is 15.2 Å². The number of oxime groups is 1. The molecular formula is C19H20N8O8S2. The summed E-state index contributed by atoms with van der Waals surface area (Å²) in [5, 5.41) is 36.0. The number of carbonyl (C=O) groups excluding carboxylic acids is 2. The first-order valence-electron chi connectivity index (χ1n) is 10.4. The number of hydrogen-bond donors (Lipinski definition) is 4. The molecule has 2 aliphatic heterocycles. The molecule has 4 rings (SSSR count). The van der Waals surface area contributed by atoms with Crippen molar-refractivity contribution in [1.82, 2.24) is 30.4 Å². The highest BCUT2D eigenvalue weighted by Crippen LogP contribution is 2.34. The van der Waals surface area contributed by atoms with Crippen LogP contribution in [-0.4, -0.2) is 98.2 Å². The molecule has 1 aromatic carbocycles. The number of carbonyl (C=O) groups is 3. The summed E-state index contributed by atoms with van der Waals surface area (Å²) in [6.07, 6.45) is -0.0993. The molecule has 1 fully saturated rings. The van der Waals surface area contributed by atoms with E-state index in [1.165, 1.54) is 40.7 Å². The number of amides is 2. The lowest BCUT2D eigenvalue weighted by atomic mass is 9.98. The molecule has 16 nitrogen and oxygen atoms in total. The van der Waals surface area contributed by atoms with Gasteiger partial charge < -0.3 is 20.4 Å². The van der Waals surface area contributed by atoms with Gasteiger partial charge >= 0.3 is 5.97 Å². The minimum absolute atomic E-state index is 0.115. The lowest BCUT2D eigenvalue weighted by Crippen LogP contribution is -2.73. The van der Waals surface area contributed by atoms with Crippen molar-refractivity contribution in [2.45, 2.75) is 17.4 Å². The number of aryl methyl sites for hydroxylation is 1. The summed E-state index contributed by atoms with van der Waals surface area (Å²) in [7, 11) is -1.89. The van der Waals surface area contributed by atoms with Crippen LogP contribution < -0.4 is 10.0 Å². The quantitative estimate of drug-likeness (QED) is 0.0925. The number of β-lactam (4-membered cyclic amide) rings is 1. The summed E-state index contributed by atoms with van der Waals surface area (Å²) in [4.78, 5) is 38.5. The molecule has 2 unspecified atom stereocenters. The van der Waals surface area contributed by atoms with Gasteiger partial charge in [0.1, 0.15) is 5.70 Å². The predicted octanol–water partition coefficient (Wildman–Crippen LogP) is -1.43. The maximum atomic E-state index is 12.8. The number of ether oxygens (including phenoxy) is 1. The molecule has 18 heteroatoms. The van der Waals surface area contributed by atoms with E-state index in [-0.39, 0.29) is 29.3 Å². The van der Waals surface area contributed by atoms with Gasteiger partial charge in [-0.15, -0.1) is 5.10 Å². The normalized spacial score (nSPS) is 19.8. The Balaban J connectivity index is 1.45. The first kappa shape index (κ1) is 26.0. The highest BCUT2D eigenvalue weighted by atomic mass is 32.2. The van der Waals surface area contributed by atoms with E-state index in [0.717, 1.165) is 11.2 Å². The Morgan fingerprint density at radius 2 is 2.00 bits per heavy atom. The van der Waals surface area contributed by atoms with Crippen LogP contribution >= 0.6 is 11.8 Å². The summed E-state index contributed by atoms with van der Waals surface area (Å²) in [6, 6.07) is 4.18. The highest BCUT2D eigenvalue weighted by Gasteiger charge is 2.55. The third-order valence-corrected chi connectivity index (χ3v) is 6.97. The number of anilines is 1. The van der Waals surface area contributed by atoms with Crippen LogP contribution in [-0.2, 0) is 36.2 Å². The van der Waals surface area contributed by atoms with E-state index in [2.05, 4.69) is 30.7 Å². The van der Waals surface area contributed by atoms with Crippen LogP contribution in [0.15, 0.2) is 45.8 Å². The molecule has 0 aliphatic carbocycles. The Morgan fingerprint density at radius 3 is 2.57 bits per heavy atom. The van der Waals surface area contributed by atoms with E-state index in [9.17, 15) is 33.1 Å². The van der Waals surface area contributed by atoms with Crippen molar-refractivity contribution in [2.24, 2.45) is 12.2 Å². The second-order valence-corrected chi connectivity index (χ2v) is 10.6. The number of sulfonamides is 1. The summed E-state index contributed by atoms with van der Waals surface area (Å²) >= 11 is 1.17. The Labute approximate surface area is 213 Å². The van der Waals surface area contributed by atoms with Crippen molar-refractivity contribution < 1.29 is 37.9 Å². The Kier molecular flexibility index (Phi) is 7.14. The Morgan fingerprint density at radius 1 is 1.30 bits per heavy atom. The summed E-state index contributed by atoms with van der Waals surface area (Å²) < 4.78 is 32.0. The fraction of sp³-hybridized carbons (Fsp3) is 0.316. The van der Waals surface area contributed by atoms with Gasteiger partial charge in [-0.2, -0.15) is 0 Å². The van der Waals surface area contributed by atoms with Crippen molar-refractivity contribution in [3.8, 4) is 0 Å². The molecule has 2 atom stereocenters. The largest absolute Gasteiger partial charge is 0.477 e. The van der Waals surface area contributed by atoms with Crippen molar-refractivity contribution in [3.63, 3.8) is 0 Å². The van der Waals surface area contributed by atoms with Crippen molar-refractivity contribution in [2.75, 3.05) is 23.3 Å². The number of fused-ring (bicyclic) bond motifs is 1. The van der Waals surface area contributed by atoms with Gasteiger partial charge in [0.25, 0.3) is 11.8 Å². The second kappa shape index (κ2) is 10.1.